The van der Waals surface area contributed by atoms with Crippen LogP contribution in [0.2, 0.25) is 5.02 Å². The normalized spacial score (nSPS) is 10.7. The molecule has 3 aromatic rings. The van der Waals surface area contributed by atoms with Crippen molar-refractivity contribution < 1.29 is 10.2 Å². The number of aromatic amines is 1. The Hall–Kier alpha value is -2.46. The maximum absolute atomic E-state index is 9.30. The zero-order chi connectivity index (χ0) is 14.1. The van der Waals surface area contributed by atoms with Gasteiger partial charge >= 0.3 is 0 Å². The summed E-state index contributed by atoms with van der Waals surface area (Å²) in [6.07, 6.45) is 0. The summed E-state index contributed by atoms with van der Waals surface area (Å²) in [6, 6.07) is 13.4. The number of benzene rings is 2. The molecule has 3 rings (SSSR count). The summed E-state index contributed by atoms with van der Waals surface area (Å²) in [6.45, 7) is 0. The highest BCUT2D eigenvalue weighted by atomic mass is 35.5. The van der Waals surface area contributed by atoms with Gasteiger partial charge in [-0.1, -0.05) is 11.6 Å². The Morgan fingerprint density at radius 3 is 1.85 bits per heavy atom. The molecule has 0 aliphatic carbocycles. The van der Waals surface area contributed by atoms with Gasteiger partial charge in [0, 0.05) is 11.1 Å². The van der Waals surface area contributed by atoms with Crippen molar-refractivity contribution in [2.45, 2.75) is 0 Å². The van der Waals surface area contributed by atoms with Crippen molar-refractivity contribution in [2.24, 2.45) is 0 Å². The lowest BCUT2D eigenvalue weighted by Gasteiger charge is -2.00. The van der Waals surface area contributed by atoms with Crippen molar-refractivity contribution in [3.05, 3.63) is 53.6 Å². The summed E-state index contributed by atoms with van der Waals surface area (Å²) in [5.41, 5.74) is 2.96. The number of hydrogen-bond donors (Lipinski definition) is 3. The molecule has 100 valence electrons. The summed E-state index contributed by atoms with van der Waals surface area (Å²) in [5.74, 6) is 0.391. The van der Waals surface area contributed by atoms with Gasteiger partial charge in [-0.15, -0.1) is 0 Å². The minimum absolute atomic E-state index is 0.194. The van der Waals surface area contributed by atoms with Crippen LogP contribution in [0.4, 0.5) is 0 Å². The molecule has 0 saturated carbocycles. The van der Waals surface area contributed by atoms with Crippen LogP contribution in [0, 0.1) is 0 Å². The Morgan fingerprint density at radius 2 is 1.30 bits per heavy atom. The summed E-state index contributed by atoms with van der Waals surface area (Å²) < 4.78 is 0. The average Bonchev–Trinajstić information content (AvgIpc) is 2.83. The maximum atomic E-state index is 9.30. The molecule has 1 heterocycles. The first kappa shape index (κ1) is 12.6. The molecule has 2 aromatic carbocycles. The minimum atomic E-state index is 0.194. The highest BCUT2D eigenvalue weighted by Crippen LogP contribution is 2.35. The number of phenols is 2. The SMILES string of the molecule is Oc1ccc(-c2n[nH]c(-c3ccc(O)cc3)c2Cl)cc1. The van der Waals surface area contributed by atoms with Crippen LogP contribution in [0.15, 0.2) is 48.5 Å². The molecule has 0 bridgehead atoms. The molecule has 5 heteroatoms. The van der Waals surface area contributed by atoms with E-state index in [1.54, 1.807) is 48.5 Å². The van der Waals surface area contributed by atoms with Crippen LogP contribution in [0.3, 0.4) is 0 Å². The van der Waals surface area contributed by atoms with E-state index in [9.17, 15) is 10.2 Å². The number of aromatic hydroxyl groups is 2. The molecule has 1 aromatic heterocycles. The van der Waals surface area contributed by atoms with Crippen LogP contribution >= 0.6 is 11.6 Å². The third-order valence-corrected chi connectivity index (χ3v) is 3.37. The van der Waals surface area contributed by atoms with E-state index in [-0.39, 0.29) is 11.5 Å². The topological polar surface area (TPSA) is 69.1 Å². The molecule has 0 radical (unpaired) electrons. The highest BCUT2D eigenvalue weighted by molar-refractivity contribution is 6.35. The van der Waals surface area contributed by atoms with Gasteiger partial charge in [0.05, 0.1) is 10.7 Å². The van der Waals surface area contributed by atoms with E-state index in [1.165, 1.54) is 0 Å². The third-order valence-electron chi connectivity index (χ3n) is 3.00. The van der Waals surface area contributed by atoms with Crippen molar-refractivity contribution in [3.8, 4) is 34.0 Å². The van der Waals surface area contributed by atoms with E-state index in [1.807, 2.05) is 0 Å². The van der Waals surface area contributed by atoms with E-state index >= 15 is 0 Å². The van der Waals surface area contributed by atoms with Gasteiger partial charge in [-0.05, 0) is 48.5 Å². The molecule has 0 saturated heterocycles. The number of rotatable bonds is 2. The second-order valence-corrected chi connectivity index (χ2v) is 4.73. The largest absolute Gasteiger partial charge is 0.508 e. The molecule has 3 N–H and O–H groups in total. The molecule has 0 aliphatic heterocycles. The molecular weight excluding hydrogens is 276 g/mol. The number of phenolic OH excluding ortho intramolecular Hbond substituents is 2. The Balaban J connectivity index is 2.04. The molecule has 0 atom stereocenters. The molecule has 0 spiro atoms. The van der Waals surface area contributed by atoms with Gasteiger partial charge in [0.25, 0.3) is 0 Å². The van der Waals surface area contributed by atoms with E-state index in [2.05, 4.69) is 10.2 Å². The second-order valence-electron chi connectivity index (χ2n) is 4.35. The molecule has 0 aliphatic rings. The molecular formula is C15H11ClN2O2. The van der Waals surface area contributed by atoms with E-state index < -0.39 is 0 Å². The lowest BCUT2D eigenvalue weighted by atomic mass is 10.1. The Bertz CT molecular complexity index is 671. The van der Waals surface area contributed by atoms with Crippen LogP contribution in [-0.4, -0.2) is 20.4 Å². The van der Waals surface area contributed by atoms with Crippen molar-refractivity contribution in [2.75, 3.05) is 0 Å². The number of aromatic nitrogens is 2. The van der Waals surface area contributed by atoms with Crippen molar-refractivity contribution in [1.82, 2.24) is 10.2 Å². The minimum Gasteiger partial charge on any atom is -0.508 e. The lowest BCUT2D eigenvalue weighted by Crippen LogP contribution is -1.78. The molecule has 0 unspecified atom stereocenters. The van der Waals surface area contributed by atoms with E-state index in [0.29, 0.717) is 16.4 Å². The maximum Gasteiger partial charge on any atom is 0.115 e. The molecule has 4 nitrogen and oxygen atoms in total. The second kappa shape index (κ2) is 4.90. The summed E-state index contributed by atoms with van der Waals surface area (Å²) >= 11 is 6.35. The zero-order valence-corrected chi connectivity index (χ0v) is 11.1. The van der Waals surface area contributed by atoms with E-state index in [0.717, 1.165) is 11.1 Å². The van der Waals surface area contributed by atoms with Crippen LogP contribution in [0.25, 0.3) is 22.5 Å². The first-order chi connectivity index (χ1) is 9.65. The van der Waals surface area contributed by atoms with Gasteiger partial charge in [-0.25, -0.2) is 0 Å². The van der Waals surface area contributed by atoms with Crippen LogP contribution in [0.5, 0.6) is 11.5 Å². The fourth-order valence-electron chi connectivity index (χ4n) is 1.96. The standard InChI is InChI=1S/C15H11ClN2O2/c16-13-14(9-1-5-11(19)6-2-9)17-18-15(13)10-3-7-12(20)8-4-10/h1-8,19-20H,(H,17,18). The number of nitrogens with one attached hydrogen (secondary N) is 1. The molecule has 0 amide bonds. The third kappa shape index (κ3) is 2.21. The Morgan fingerprint density at radius 1 is 0.800 bits per heavy atom. The van der Waals surface area contributed by atoms with E-state index in [4.69, 9.17) is 11.6 Å². The smallest absolute Gasteiger partial charge is 0.115 e. The Kier molecular flexibility index (Phi) is 3.08. The van der Waals surface area contributed by atoms with Crippen molar-refractivity contribution in [1.29, 1.82) is 0 Å². The lowest BCUT2D eigenvalue weighted by molar-refractivity contribution is 0.475. The number of H-pyrrole nitrogens is 1. The summed E-state index contributed by atoms with van der Waals surface area (Å²) in [7, 11) is 0. The summed E-state index contributed by atoms with van der Waals surface area (Å²) in [4.78, 5) is 0. The van der Waals surface area contributed by atoms with Gasteiger partial charge < -0.3 is 10.2 Å². The predicted octanol–water partition coefficient (Wildman–Crippen LogP) is 3.81. The predicted molar refractivity (Wildman–Crippen MR) is 77.8 cm³/mol. The number of hydrogen-bond acceptors (Lipinski definition) is 3. The van der Waals surface area contributed by atoms with Gasteiger partial charge in [0.2, 0.25) is 0 Å². The van der Waals surface area contributed by atoms with Gasteiger partial charge in [0.15, 0.2) is 0 Å². The zero-order valence-electron chi connectivity index (χ0n) is 10.3. The fraction of sp³-hybridized carbons (Fsp3) is 0. The fourth-order valence-corrected chi connectivity index (χ4v) is 2.26. The van der Waals surface area contributed by atoms with Crippen LogP contribution < -0.4 is 0 Å². The van der Waals surface area contributed by atoms with Gasteiger partial charge in [-0.2, -0.15) is 5.10 Å². The van der Waals surface area contributed by atoms with Gasteiger partial charge in [-0.3, -0.25) is 5.10 Å². The van der Waals surface area contributed by atoms with Crippen molar-refractivity contribution in [3.63, 3.8) is 0 Å². The first-order valence-electron chi connectivity index (χ1n) is 5.98. The summed E-state index contributed by atoms with van der Waals surface area (Å²) in [5, 5.41) is 26.2. The first-order valence-corrected chi connectivity index (χ1v) is 6.35. The average molecular weight is 287 g/mol. The highest BCUT2D eigenvalue weighted by Gasteiger charge is 2.14. The van der Waals surface area contributed by atoms with Gasteiger partial charge in [0.1, 0.15) is 17.2 Å². The number of nitrogens with zero attached hydrogens (tertiary/aromatic N) is 1. The van der Waals surface area contributed by atoms with Crippen LogP contribution in [0.1, 0.15) is 0 Å². The molecule has 20 heavy (non-hydrogen) atoms. The number of halogens is 1. The monoisotopic (exact) mass is 286 g/mol. The van der Waals surface area contributed by atoms with Crippen molar-refractivity contribution >= 4 is 11.6 Å². The van der Waals surface area contributed by atoms with Crippen LogP contribution in [-0.2, 0) is 0 Å². The molecule has 0 fully saturated rings. The quantitative estimate of drug-likeness (QED) is 0.671. The Labute approximate surface area is 120 Å².